The summed E-state index contributed by atoms with van der Waals surface area (Å²) in [5.74, 6) is -0.0911. The number of benzene rings is 2. The Morgan fingerprint density at radius 3 is 2.43 bits per heavy atom. The van der Waals surface area contributed by atoms with Gasteiger partial charge in [0.15, 0.2) is 0 Å². The summed E-state index contributed by atoms with van der Waals surface area (Å²) in [4.78, 5) is 0. The second kappa shape index (κ2) is 7.28. The lowest BCUT2D eigenvalue weighted by molar-refractivity contribution is 0.144. The third-order valence-corrected chi connectivity index (χ3v) is 4.30. The summed E-state index contributed by atoms with van der Waals surface area (Å²) in [6.45, 7) is 2.66. The molecule has 1 unspecified atom stereocenters. The maximum absolute atomic E-state index is 10.7. The van der Waals surface area contributed by atoms with Gasteiger partial charge in [-0.3, -0.25) is 0 Å². The van der Waals surface area contributed by atoms with E-state index in [4.69, 9.17) is 23.2 Å². The zero-order valence-electron chi connectivity index (χ0n) is 12.1. The SMILES string of the molecule is CNCC(c1ccc(Cl)c(Cl)c1)[C@H](O)c1cccc(C)c1. The van der Waals surface area contributed by atoms with Crippen LogP contribution in [0.15, 0.2) is 42.5 Å². The van der Waals surface area contributed by atoms with Crippen molar-refractivity contribution in [2.45, 2.75) is 18.9 Å². The molecule has 2 aromatic rings. The third-order valence-electron chi connectivity index (χ3n) is 3.56. The average molecular weight is 324 g/mol. The number of hydrogen-bond donors (Lipinski definition) is 2. The Bertz CT molecular complexity index is 615. The number of likely N-dealkylation sites (N-methyl/N-ethyl adjacent to an activating group) is 1. The van der Waals surface area contributed by atoms with Crippen molar-refractivity contribution in [2.24, 2.45) is 0 Å². The van der Waals surface area contributed by atoms with Crippen LogP contribution in [0, 0.1) is 6.92 Å². The first-order chi connectivity index (χ1) is 10.0. The monoisotopic (exact) mass is 323 g/mol. The van der Waals surface area contributed by atoms with Crippen molar-refractivity contribution in [2.75, 3.05) is 13.6 Å². The standard InChI is InChI=1S/C17H19Cl2NO/c1-11-4-3-5-13(8-11)17(21)14(10-20-2)12-6-7-15(18)16(19)9-12/h3-9,14,17,20-21H,10H2,1-2H3/t14?,17-/m1/s1. The van der Waals surface area contributed by atoms with E-state index in [9.17, 15) is 5.11 Å². The summed E-state index contributed by atoms with van der Waals surface area (Å²) < 4.78 is 0. The second-order valence-corrected chi connectivity index (χ2v) is 6.01. The van der Waals surface area contributed by atoms with Gasteiger partial charge < -0.3 is 10.4 Å². The lowest BCUT2D eigenvalue weighted by Crippen LogP contribution is -2.23. The van der Waals surface area contributed by atoms with Crippen molar-refractivity contribution in [1.29, 1.82) is 0 Å². The van der Waals surface area contributed by atoms with Crippen LogP contribution in [0.3, 0.4) is 0 Å². The summed E-state index contributed by atoms with van der Waals surface area (Å²) in [6.07, 6.45) is -0.602. The van der Waals surface area contributed by atoms with Crippen LogP contribution in [-0.4, -0.2) is 18.7 Å². The zero-order valence-corrected chi connectivity index (χ0v) is 13.6. The van der Waals surface area contributed by atoms with E-state index in [1.165, 1.54) is 0 Å². The Morgan fingerprint density at radius 2 is 1.81 bits per heavy atom. The molecule has 0 fully saturated rings. The molecule has 0 spiro atoms. The Morgan fingerprint density at radius 1 is 1.05 bits per heavy atom. The predicted molar refractivity (Wildman–Crippen MR) is 89.3 cm³/mol. The maximum atomic E-state index is 10.7. The molecule has 2 atom stereocenters. The van der Waals surface area contributed by atoms with Crippen LogP contribution >= 0.6 is 23.2 Å². The van der Waals surface area contributed by atoms with Crippen LogP contribution in [0.25, 0.3) is 0 Å². The molecule has 21 heavy (non-hydrogen) atoms. The third kappa shape index (κ3) is 3.98. The normalized spacial score (nSPS) is 14.0. The molecule has 2 aromatic carbocycles. The predicted octanol–water partition coefficient (Wildman–Crippen LogP) is 4.34. The second-order valence-electron chi connectivity index (χ2n) is 5.20. The summed E-state index contributed by atoms with van der Waals surface area (Å²) in [6, 6.07) is 13.4. The van der Waals surface area contributed by atoms with E-state index in [1.54, 1.807) is 6.07 Å². The van der Waals surface area contributed by atoms with Crippen molar-refractivity contribution in [3.63, 3.8) is 0 Å². The molecule has 0 saturated heterocycles. The Hall–Kier alpha value is -1.06. The molecule has 0 aliphatic heterocycles. The van der Waals surface area contributed by atoms with Gasteiger partial charge in [0.1, 0.15) is 0 Å². The van der Waals surface area contributed by atoms with Gasteiger partial charge in [-0.25, -0.2) is 0 Å². The quantitative estimate of drug-likeness (QED) is 0.857. The molecule has 0 heterocycles. The van der Waals surface area contributed by atoms with Crippen molar-refractivity contribution in [3.8, 4) is 0 Å². The summed E-state index contributed by atoms with van der Waals surface area (Å²) in [5.41, 5.74) is 3.00. The zero-order chi connectivity index (χ0) is 15.4. The molecular formula is C17H19Cl2NO. The van der Waals surface area contributed by atoms with Gasteiger partial charge in [-0.1, -0.05) is 59.1 Å². The molecule has 0 aliphatic rings. The lowest BCUT2D eigenvalue weighted by atomic mass is 9.88. The Labute approximate surface area is 135 Å². The minimum atomic E-state index is -0.602. The van der Waals surface area contributed by atoms with Gasteiger partial charge in [0, 0.05) is 12.5 Å². The van der Waals surface area contributed by atoms with E-state index >= 15 is 0 Å². The van der Waals surface area contributed by atoms with Crippen LogP contribution in [0.4, 0.5) is 0 Å². The van der Waals surface area contributed by atoms with Crippen LogP contribution in [0.1, 0.15) is 28.7 Å². The number of aliphatic hydroxyl groups is 1. The van der Waals surface area contributed by atoms with Crippen LogP contribution in [0.2, 0.25) is 10.0 Å². The average Bonchev–Trinajstić information content (AvgIpc) is 2.47. The molecule has 2 nitrogen and oxygen atoms in total. The molecule has 4 heteroatoms. The van der Waals surface area contributed by atoms with Gasteiger partial charge in [0.2, 0.25) is 0 Å². The van der Waals surface area contributed by atoms with Gasteiger partial charge in [0.05, 0.1) is 16.1 Å². The minimum Gasteiger partial charge on any atom is -0.388 e. The molecular weight excluding hydrogens is 305 g/mol. The maximum Gasteiger partial charge on any atom is 0.0870 e. The molecule has 0 aromatic heterocycles. The topological polar surface area (TPSA) is 32.3 Å². The van der Waals surface area contributed by atoms with Crippen molar-refractivity contribution < 1.29 is 5.11 Å². The van der Waals surface area contributed by atoms with E-state index in [2.05, 4.69) is 5.32 Å². The molecule has 112 valence electrons. The fourth-order valence-corrected chi connectivity index (χ4v) is 2.77. The van der Waals surface area contributed by atoms with Crippen molar-refractivity contribution in [1.82, 2.24) is 5.32 Å². The highest BCUT2D eigenvalue weighted by Crippen LogP contribution is 2.34. The van der Waals surface area contributed by atoms with Crippen molar-refractivity contribution in [3.05, 3.63) is 69.2 Å². The first kappa shape index (κ1) is 16.3. The Balaban J connectivity index is 2.35. The number of aliphatic hydroxyl groups excluding tert-OH is 1. The van der Waals surface area contributed by atoms with Gasteiger partial charge in [0.25, 0.3) is 0 Å². The van der Waals surface area contributed by atoms with Crippen LogP contribution in [0.5, 0.6) is 0 Å². The van der Waals surface area contributed by atoms with Gasteiger partial charge >= 0.3 is 0 Å². The van der Waals surface area contributed by atoms with E-state index < -0.39 is 6.10 Å². The number of rotatable bonds is 5. The lowest BCUT2D eigenvalue weighted by Gasteiger charge is -2.24. The molecule has 2 rings (SSSR count). The highest BCUT2D eigenvalue weighted by molar-refractivity contribution is 6.42. The van der Waals surface area contributed by atoms with Crippen molar-refractivity contribution >= 4 is 23.2 Å². The van der Waals surface area contributed by atoms with Gasteiger partial charge in [-0.05, 0) is 37.2 Å². The van der Waals surface area contributed by atoms with Crippen LogP contribution in [-0.2, 0) is 0 Å². The van der Waals surface area contributed by atoms with Crippen LogP contribution < -0.4 is 5.32 Å². The van der Waals surface area contributed by atoms with E-state index in [-0.39, 0.29) is 5.92 Å². The molecule has 0 aliphatic carbocycles. The highest BCUT2D eigenvalue weighted by atomic mass is 35.5. The summed E-state index contributed by atoms with van der Waals surface area (Å²) in [5, 5.41) is 14.9. The number of hydrogen-bond acceptors (Lipinski definition) is 2. The first-order valence-electron chi connectivity index (χ1n) is 6.87. The summed E-state index contributed by atoms with van der Waals surface area (Å²) in [7, 11) is 1.87. The molecule has 2 N–H and O–H groups in total. The smallest absolute Gasteiger partial charge is 0.0870 e. The largest absolute Gasteiger partial charge is 0.388 e. The van der Waals surface area contributed by atoms with E-state index in [0.29, 0.717) is 16.6 Å². The van der Waals surface area contributed by atoms with E-state index in [1.807, 2.05) is 50.4 Å². The first-order valence-corrected chi connectivity index (χ1v) is 7.62. The molecule has 0 bridgehead atoms. The minimum absolute atomic E-state index is 0.0911. The molecule has 0 saturated carbocycles. The Kier molecular flexibility index (Phi) is 5.65. The molecule has 0 amide bonds. The fraction of sp³-hybridized carbons (Fsp3) is 0.294. The van der Waals surface area contributed by atoms with Gasteiger partial charge in [-0.15, -0.1) is 0 Å². The van der Waals surface area contributed by atoms with E-state index in [0.717, 1.165) is 16.7 Å². The molecule has 0 radical (unpaired) electrons. The number of aryl methyl sites for hydroxylation is 1. The highest BCUT2D eigenvalue weighted by Gasteiger charge is 2.23. The van der Waals surface area contributed by atoms with Gasteiger partial charge in [-0.2, -0.15) is 0 Å². The summed E-state index contributed by atoms with van der Waals surface area (Å²) >= 11 is 12.1. The fourth-order valence-electron chi connectivity index (χ4n) is 2.46. The number of nitrogens with one attached hydrogen (secondary N) is 1. The number of halogens is 2.